The van der Waals surface area contributed by atoms with Crippen LogP contribution in [-0.2, 0) is 47.6 Å². The van der Waals surface area contributed by atoms with Gasteiger partial charge in [0.15, 0.2) is 0 Å². The zero-order chi connectivity index (χ0) is 48.6. The van der Waals surface area contributed by atoms with Crippen molar-refractivity contribution in [1.82, 2.24) is 4.90 Å². The summed E-state index contributed by atoms with van der Waals surface area (Å²) in [4.78, 5) is 64.7. The summed E-state index contributed by atoms with van der Waals surface area (Å²) < 4.78 is 32.9. The Hall–Kier alpha value is -3.33. The number of unbranched alkanes of at least 4 members (excludes halogenated alkanes) is 19. The number of hydrogen-bond donors (Lipinski definition) is 0. The Bertz CT molecular complexity index is 1230. The van der Waals surface area contributed by atoms with Gasteiger partial charge >= 0.3 is 30.0 Å². The fourth-order valence-electron chi connectivity index (χ4n) is 7.36. The van der Waals surface area contributed by atoms with Gasteiger partial charge in [-0.25, -0.2) is 4.79 Å². The molecule has 12 nitrogen and oxygen atoms in total. The first-order valence-electron chi connectivity index (χ1n) is 26.8. The Morgan fingerprint density at radius 3 is 1.36 bits per heavy atom. The molecule has 384 valence electrons. The molecule has 0 aliphatic rings. The minimum atomic E-state index is -0.821. The van der Waals surface area contributed by atoms with Crippen molar-refractivity contribution in [3.8, 4) is 11.8 Å². The maximum Gasteiger partial charge on any atom is 0.508 e. The first kappa shape index (κ1) is 62.7. The first-order valence-corrected chi connectivity index (χ1v) is 26.8. The molecule has 0 heterocycles. The molecule has 0 aromatic carbocycles. The third kappa shape index (κ3) is 43.3. The molecule has 0 amide bonds. The Morgan fingerprint density at radius 1 is 0.409 bits per heavy atom. The predicted molar refractivity (Wildman–Crippen MR) is 264 cm³/mol. The summed E-state index contributed by atoms with van der Waals surface area (Å²) in [5.41, 5.74) is 0. The van der Waals surface area contributed by atoms with E-state index in [2.05, 4.69) is 51.4 Å². The summed E-state index contributed by atoms with van der Waals surface area (Å²) in [5, 5.41) is 0. The number of carbonyl (C=O) groups excluding carboxylic acids is 5. The lowest BCUT2D eigenvalue weighted by atomic mass is 10.0. The Labute approximate surface area is 402 Å². The zero-order valence-corrected chi connectivity index (χ0v) is 42.9. The molecule has 0 aliphatic heterocycles. The summed E-state index contributed by atoms with van der Waals surface area (Å²) in [6.07, 6.45) is 28.0. The van der Waals surface area contributed by atoms with E-state index in [9.17, 15) is 24.0 Å². The molecule has 0 aromatic rings. The fourth-order valence-corrected chi connectivity index (χ4v) is 7.36. The maximum absolute atomic E-state index is 12.8. The van der Waals surface area contributed by atoms with Crippen LogP contribution in [0.4, 0.5) is 4.79 Å². The summed E-state index contributed by atoms with van der Waals surface area (Å²) in [5.74, 6) is 4.61. The number of hydrogen-bond acceptors (Lipinski definition) is 12. The van der Waals surface area contributed by atoms with Gasteiger partial charge in [-0.2, -0.15) is 0 Å². The van der Waals surface area contributed by atoms with Gasteiger partial charge in [0.1, 0.15) is 25.9 Å². The minimum Gasteiger partial charge on any atom is -0.466 e. The van der Waals surface area contributed by atoms with Gasteiger partial charge in [-0.1, -0.05) is 125 Å². The molecule has 0 aliphatic carbocycles. The highest BCUT2D eigenvalue weighted by Gasteiger charge is 2.19. The van der Waals surface area contributed by atoms with Gasteiger partial charge in [-0.15, -0.1) is 11.8 Å². The van der Waals surface area contributed by atoms with Gasteiger partial charge in [0.25, 0.3) is 0 Å². The van der Waals surface area contributed by atoms with Crippen LogP contribution in [0.3, 0.4) is 0 Å². The highest BCUT2D eigenvalue weighted by molar-refractivity contribution is 5.70. The lowest BCUT2D eigenvalue weighted by Gasteiger charge is -2.18. The van der Waals surface area contributed by atoms with Crippen molar-refractivity contribution >= 4 is 30.0 Å². The van der Waals surface area contributed by atoms with E-state index >= 15 is 0 Å². The van der Waals surface area contributed by atoms with Crippen molar-refractivity contribution in [3.05, 3.63) is 0 Å². The van der Waals surface area contributed by atoms with Crippen molar-refractivity contribution < 1.29 is 52.4 Å². The molecule has 0 spiro atoms. The third-order valence-electron chi connectivity index (χ3n) is 11.7. The van der Waals surface area contributed by atoms with Gasteiger partial charge in [-0.3, -0.25) is 19.2 Å². The number of nitrogens with zero attached hydrogens (tertiary/aromatic N) is 1. The van der Waals surface area contributed by atoms with Crippen LogP contribution in [0.1, 0.15) is 240 Å². The fraction of sp³-hybridized carbons (Fsp3) is 0.870. The molecule has 0 rings (SSSR count). The highest BCUT2D eigenvalue weighted by atomic mass is 16.7. The van der Waals surface area contributed by atoms with E-state index < -0.39 is 18.0 Å². The molecule has 0 bridgehead atoms. The molecule has 1 atom stereocenters. The summed E-state index contributed by atoms with van der Waals surface area (Å²) in [6, 6.07) is 0. The van der Waals surface area contributed by atoms with Crippen molar-refractivity contribution in [2.24, 2.45) is 5.92 Å². The lowest BCUT2D eigenvalue weighted by Crippen LogP contribution is -2.27. The Balaban J connectivity index is 4.68. The quantitative estimate of drug-likeness (QED) is 0.0248. The molecule has 0 saturated carbocycles. The zero-order valence-electron chi connectivity index (χ0n) is 42.9. The van der Waals surface area contributed by atoms with Crippen molar-refractivity contribution in [1.29, 1.82) is 0 Å². The molecule has 12 heteroatoms. The van der Waals surface area contributed by atoms with Gasteiger partial charge in [-0.05, 0) is 90.1 Å². The number of carbonyl (C=O) groups is 5. The SMILES string of the molecule is CCCCC#CCCCCOC(=O)CCCCCC(=O)OCC(COC(=O)CCCCCCC(=O)OC(CCCCCCCC)CCCCCCCC)COC(=O)OCCCN(CC)CC. The highest BCUT2D eigenvalue weighted by Crippen LogP contribution is 2.19. The second kappa shape index (κ2) is 48.1. The van der Waals surface area contributed by atoms with Crippen LogP contribution in [0, 0.1) is 17.8 Å². The van der Waals surface area contributed by atoms with E-state index in [1.54, 1.807) is 0 Å². The van der Waals surface area contributed by atoms with Gasteiger partial charge < -0.3 is 33.3 Å². The molecule has 1 unspecified atom stereocenters. The van der Waals surface area contributed by atoms with Crippen LogP contribution in [0.25, 0.3) is 0 Å². The minimum absolute atomic E-state index is 0.00992. The van der Waals surface area contributed by atoms with Crippen LogP contribution in [0.15, 0.2) is 0 Å². The normalized spacial score (nSPS) is 11.5. The second-order valence-electron chi connectivity index (χ2n) is 17.9. The molecule has 0 aromatic heterocycles. The summed E-state index contributed by atoms with van der Waals surface area (Å²) in [6.45, 7) is 13.7. The standard InChI is InChI=1S/C54H97NO11/c1-6-11-14-17-20-21-26-34-43-61-50(56)38-32-27-33-40-52(58)64-46-48(47-65-54(60)62-44-35-42-55(9-4)10-5)45-63-51(57)39-30-24-25-31-41-53(59)66-49(36-28-22-18-15-12-7-2)37-29-23-19-16-13-8-3/h48-49H,6-16,18-19,21-47H2,1-5H3. The van der Waals surface area contributed by atoms with E-state index in [-0.39, 0.29) is 63.3 Å². The van der Waals surface area contributed by atoms with Crippen LogP contribution in [0.5, 0.6) is 0 Å². The lowest BCUT2D eigenvalue weighted by molar-refractivity contribution is -0.151. The van der Waals surface area contributed by atoms with E-state index in [0.29, 0.717) is 58.0 Å². The second-order valence-corrected chi connectivity index (χ2v) is 17.9. The van der Waals surface area contributed by atoms with Crippen LogP contribution in [-0.4, -0.2) is 93.7 Å². The number of esters is 4. The number of rotatable bonds is 46. The smallest absolute Gasteiger partial charge is 0.466 e. The number of ether oxygens (including phenoxy) is 6. The van der Waals surface area contributed by atoms with Crippen molar-refractivity contribution in [2.45, 2.75) is 246 Å². The molecular weight excluding hydrogens is 839 g/mol. The van der Waals surface area contributed by atoms with Gasteiger partial charge in [0.2, 0.25) is 0 Å². The third-order valence-corrected chi connectivity index (χ3v) is 11.7. The van der Waals surface area contributed by atoms with Crippen molar-refractivity contribution in [2.75, 3.05) is 52.7 Å². The van der Waals surface area contributed by atoms with Crippen LogP contribution >= 0.6 is 0 Å². The average molecular weight is 936 g/mol. The van der Waals surface area contributed by atoms with E-state index in [1.165, 1.54) is 64.2 Å². The molecule has 0 saturated heterocycles. The molecule has 0 fully saturated rings. The summed E-state index contributed by atoms with van der Waals surface area (Å²) >= 11 is 0. The van der Waals surface area contributed by atoms with Crippen molar-refractivity contribution in [3.63, 3.8) is 0 Å². The topological polar surface area (TPSA) is 144 Å². The van der Waals surface area contributed by atoms with Crippen LogP contribution < -0.4 is 0 Å². The first-order chi connectivity index (χ1) is 32.2. The Kier molecular flexibility index (Phi) is 45.7. The summed E-state index contributed by atoms with van der Waals surface area (Å²) in [7, 11) is 0. The molecule has 0 N–H and O–H groups in total. The van der Waals surface area contributed by atoms with Crippen LogP contribution in [0.2, 0.25) is 0 Å². The maximum atomic E-state index is 12.8. The average Bonchev–Trinajstić information content (AvgIpc) is 3.31. The van der Waals surface area contributed by atoms with Gasteiger partial charge in [0.05, 0.1) is 19.1 Å². The van der Waals surface area contributed by atoms with E-state index in [1.807, 2.05) is 0 Å². The Morgan fingerprint density at radius 2 is 0.833 bits per heavy atom. The van der Waals surface area contributed by atoms with E-state index in [4.69, 9.17) is 28.4 Å². The van der Waals surface area contributed by atoms with E-state index in [0.717, 1.165) is 96.7 Å². The monoisotopic (exact) mass is 936 g/mol. The predicted octanol–water partition coefficient (Wildman–Crippen LogP) is 13.2. The van der Waals surface area contributed by atoms with Gasteiger partial charge in [0, 0.05) is 45.1 Å². The molecule has 66 heavy (non-hydrogen) atoms. The molecular formula is C54H97NO11. The largest absolute Gasteiger partial charge is 0.508 e. The molecule has 0 radical (unpaired) electrons.